The zero-order valence-corrected chi connectivity index (χ0v) is 15.2. The molecule has 8 heteroatoms. The summed E-state index contributed by atoms with van der Waals surface area (Å²) in [5.41, 5.74) is -1.06. The molecule has 4 rings (SSSR count). The molecule has 0 unspecified atom stereocenters. The molecule has 0 atom stereocenters. The number of carbonyl (C=O) groups excluding carboxylic acids is 3. The summed E-state index contributed by atoms with van der Waals surface area (Å²) < 4.78 is 18.9. The van der Waals surface area contributed by atoms with E-state index in [-0.39, 0.29) is 23.3 Å². The van der Waals surface area contributed by atoms with E-state index in [1.54, 1.807) is 28.0 Å². The molecule has 2 fully saturated rings. The van der Waals surface area contributed by atoms with Crippen molar-refractivity contribution in [2.24, 2.45) is 5.41 Å². The molecule has 0 bridgehead atoms. The molecule has 3 amide bonds. The largest absolute Gasteiger partial charge is 0.459 e. The van der Waals surface area contributed by atoms with E-state index in [9.17, 15) is 18.8 Å². The van der Waals surface area contributed by atoms with Crippen LogP contribution in [0.5, 0.6) is 0 Å². The van der Waals surface area contributed by atoms with Gasteiger partial charge in [-0.2, -0.15) is 0 Å². The van der Waals surface area contributed by atoms with Crippen LogP contribution in [-0.2, 0) is 9.59 Å². The second kappa shape index (κ2) is 7.10. The first-order valence-electron chi connectivity index (χ1n) is 9.19. The van der Waals surface area contributed by atoms with E-state index < -0.39 is 17.1 Å². The fourth-order valence-electron chi connectivity index (χ4n) is 3.44. The van der Waals surface area contributed by atoms with Crippen LogP contribution in [-0.4, -0.2) is 53.7 Å². The maximum atomic E-state index is 13.8. The number of furan rings is 1. The van der Waals surface area contributed by atoms with Gasteiger partial charge in [0.15, 0.2) is 5.76 Å². The van der Waals surface area contributed by atoms with Gasteiger partial charge < -0.3 is 19.5 Å². The first-order chi connectivity index (χ1) is 13.5. The van der Waals surface area contributed by atoms with Gasteiger partial charge in [-0.3, -0.25) is 14.4 Å². The fourth-order valence-corrected chi connectivity index (χ4v) is 3.44. The van der Waals surface area contributed by atoms with Crippen molar-refractivity contribution in [2.45, 2.75) is 12.8 Å². The minimum absolute atomic E-state index is 0.0699. The zero-order chi connectivity index (χ0) is 19.7. The van der Waals surface area contributed by atoms with Gasteiger partial charge in [0.1, 0.15) is 11.2 Å². The second-order valence-electron chi connectivity index (χ2n) is 7.08. The quantitative estimate of drug-likeness (QED) is 0.818. The van der Waals surface area contributed by atoms with Gasteiger partial charge in [0.05, 0.1) is 12.0 Å². The number of para-hydroxylation sites is 1. The lowest BCUT2D eigenvalue weighted by molar-refractivity contribution is -0.143. The van der Waals surface area contributed by atoms with E-state index in [1.165, 1.54) is 24.5 Å². The average Bonchev–Trinajstić information content (AvgIpc) is 3.35. The molecular formula is C20H20FN3O4. The van der Waals surface area contributed by atoms with Crippen molar-refractivity contribution in [2.75, 3.05) is 31.5 Å². The molecule has 1 aliphatic carbocycles. The molecule has 0 spiro atoms. The summed E-state index contributed by atoms with van der Waals surface area (Å²) in [4.78, 5) is 41.2. The smallest absolute Gasteiger partial charge is 0.289 e. The number of carbonyl (C=O) groups is 3. The molecule has 1 aliphatic heterocycles. The molecule has 28 heavy (non-hydrogen) atoms. The molecule has 2 heterocycles. The van der Waals surface area contributed by atoms with E-state index in [4.69, 9.17) is 4.42 Å². The summed E-state index contributed by atoms with van der Waals surface area (Å²) >= 11 is 0. The number of nitrogens with zero attached hydrogens (tertiary/aromatic N) is 2. The first-order valence-corrected chi connectivity index (χ1v) is 9.19. The molecule has 1 saturated heterocycles. The van der Waals surface area contributed by atoms with Crippen molar-refractivity contribution in [3.63, 3.8) is 0 Å². The number of halogens is 1. The van der Waals surface area contributed by atoms with Crippen molar-refractivity contribution in [3.8, 4) is 0 Å². The molecule has 1 aromatic carbocycles. The van der Waals surface area contributed by atoms with Gasteiger partial charge >= 0.3 is 0 Å². The van der Waals surface area contributed by atoms with Crippen molar-refractivity contribution >= 4 is 23.4 Å². The summed E-state index contributed by atoms with van der Waals surface area (Å²) in [6, 6.07) is 9.13. The highest BCUT2D eigenvalue weighted by atomic mass is 19.1. The van der Waals surface area contributed by atoms with Crippen LogP contribution in [0.3, 0.4) is 0 Å². The van der Waals surface area contributed by atoms with Crippen LogP contribution < -0.4 is 5.32 Å². The average molecular weight is 385 g/mol. The van der Waals surface area contributed by atoms with Gasteiger partial charge in [-0.25, -0.2) is 4.39 Å². The lowest BCUT2D eigenvalue weighted by Crippen LogP contribution is -2.53. The van der Waals surface area contributed by atoms with E-state index in [2.05, 4.69) is 5.32 Å². The zero-order valence-electron chi connectivity index (χ0n) is 15.2. The van der Waals surface area contributed by atoms with Gasteiger partial charge in [0, 0.05) is 26.2 Å². The summed E-state index contributed by atoms with van der Waals surface area (Å²) in [5, 5.41) is 2.54. The van der Waals surface area contributed by atoms with Gasteiger partial charge in [0.25, 0.3) is 5.91 Å². The van der Waals surface area contributed by atoms with Crippen LogP contribution in [0.15, 0.2) is 47.1 Å². The Morgan fingerprint density at radius 1 is 0.964 bits per heavy atom. The number of hydrogen-bond acceptors (Lipinski definition) is 4. The first kappa shape index (κ1) is 18.2. The van der Waals surface area contributed by atoms with Gasteiger partial charge in [-0.05, 0) is 37.1 Å². The van der Waals surface area contributed by atoms with Gasteiger partial charge in [0.2, 0.25) is 11.8 Å². The summed E-state index contributed by atoms with van der Waals surface area (Å²) in [5.74, 6) is -1.22. The Morgan fingerprint density at radius 2 is 1.64 bits per heavy atom. The molecule has 7 nitrogen and oxygen atoms in total. The lowest BCUT2D eigenvalue weighted by Gasteiger charge is -2.36. The Kier molecular flexibility index (Phi) is 4.62. The number of rotatable bonds is 4. The molecule has 146 valence electrons. The number of anilines is 1. The van der Waals surface area contributed by atoms with Crippen molar-refractivity contribution < 1.29 is 23.2 Å². The molecule has 1 aromatic heterocycles. The summed E-state index contributed by atoms with van der Waals surface area (Å²) in [7, 11) is 0. The second-order valence-corrected chi connectivity index (χ2v) is 7.08. The van der Waals surface area contributed by atoms with E-state index in [0.29, 0.717) is 39.0 Å². The standard InChI is InChI=1S/C20H20FN3O4/c21-14-4-1-2-5-15(14)22-18(26)20(7-8-20)19(27)24-11-9-23(10-12-24)17(25)16-6-3-13-28-16/h1-6,13H,7-12H2,(H,22,26). The Hall–Kier alpha value is -3.16. The number of piperazine rings is 1. The number of benzene rings is 1. The van der Waals surface area contributed by atoms with E-state index >= 15 is 0 Å². The van der Waals surface area contributed by atoms with E-state index in [0.717, 1.165) is 0 Å². The number of amides is 3. The minimum Gasteiger partial charge on any atom is -0.459 e. The maximum absolute atomic E-state index is 13.8. The molecule has 0 radical (unpaired) electrons. The Morgan fingerprint density at radius 3 is 2.25 bits per heavy atom. The van der Waals surface area contributed by atoms with Gasteiger partial charge in [-0.15, -0.1) is 0 Å². The summed E-state index contributed by atoms with van der Waals surface area (Å²) in [6.45, 7) is 1.44. The number of hydrogen-bond donors (Lipinski definition) is 1. The third-order valence-corrected chi connectivity index (χ3v) is 5.30. The van der Waals surface area contributed by atoms with Crippen LogP contribution in [0.4, 0.5) is 10.1 Å². The predicted octanol–water partition coefficient (Wildman–Crippen LogP) is 2.12. The highest BCUT2D eigenvalue weighted by Gasteiger charge is 2.58. The van der Waals surface area contributed by atoms with Crippen LogP contribution in [0.25, 0.3) is 0 Å². The normalized spacial score (nSPS) is 17.9. The SMILES string of the molecule is O=C(c1ccco1)N1CCN(C(=O)C2(C(=O)Nc3ccccc3F)CC2)CC1. The van der Waals surface area contributed by atoms with Crippen LogP contribution in [0, 0.1) is 11.2 Å². The third-order valence-electron chi connectivity index (χ3n) is 5.30. The molecule has 2 aromatic rings. The molecule has 1 N–H and O–H groups in total. The third kappa shape index (κ3) is 3.26. The summed E-state index contributed by atoms with van der Waals surface area (Å²) in [6.07, 6.45) is 2.33. The topological polar surface area (TPSA) is 82.9 Å². The number of nitrogens with one attached hydrogen (secondary N) is 1. The lowest BCUT2D eigenvalue weighted by atomic mass is 10.0. The van der Waals surface area contributed by atoms with Crippen LogP contribution in [0.1, 0.15) is 23.4 Å². The highest BCUT2D eigenvalue weighted by Crippen LogP contribution is 2.48. The predicted molar refractivity (Wildman–Crippen MR) is 97.9 cm³/mol. The monoisotopic (exact) mass is 385 g/mol. The highest BCUT2D eigenvalue weighted by molar-refractivity contribution is 6.13. The minimum atomic E-state index is -1.13. The van der Waals surface area contributed by atoms with Crippen LogP contribution in [0.2, 0.25) is 0 Å². The fraction of sp³-hybridized carbons (Fsp3) is 0.350. The molecule has 2 aliphatic rings. The van der Waals surface area contributed by atoms with E-state index in [1.807, 2.05) is 0 Å². The van der Waals surface area contributed by atoms with Crippen molar-refractivity contribution in [1.82, 2.24) is 9.80 Å². The maximum Gasteiger partial charge on any atom is 0.289 e. The molecule has 1 saturated carbocycles. The Bertz CT molecular complexity index is 900. The van der Waals surface area contributed by atoms with Gasteiger partial charge in [-0.1, -0.05) is 12.1 Å². The Balaban J connectivity index is 1.37. The van der Waals surface area contributed by atoms with Crippen LogP contribution >= 0.6 is 0 Å². The Labute approximate surface area is 161 Å². The van der Waals surface area contributed by atoms with Crippen molar-refractivity contribution in [1.29, 1.82) is 0 Å². The molecular weight excluding hydrogens is 365 g/mol. The van der Waals surface area contributed by atoms with Crippen molar-refractivity contribution in [3.05, 3.63) is 54.2 Å².